The van der Waals surface area contributed by atoms with E-state index in [1.807, 2.05) is 0 Å². The van der Waals surface area contributed by atoms with E-state index in [2.05, 4.69) is 0 Å². The molecular formula is C28H41N5O10. The topological polar surface area (TPSA) is 239 Å². The standard InChI is InChI=1S/C22H27N3O8.C6H14N2O2/c26-16(7-3-1-5-13-23-18(28)9-10-19(23)29)25(15-22(32)33)17(27)8-4-2-6-14-24-20(30)11-12-21(24)31;7-4-2-1-3-5(8)6(9)10/h9-12H,1-8,13-15H2,(H,32,33);5H,1-4,7-8H2,(H,9,10). The zero-order valence-electron chi connectivity index (χ0n) is 24.2. The maximum atomic E-state index is 12.4. The number of carboxylic acids is 2. The Morgan fingerprint density at radius 3 is 1.44 bits per heavy atom. The van der Waals surface area contributed by atoms with Gasteiger partial charge in [0.15, 0.2) is 0 Å². The van der Waals surface area contributed by atoms with E-state index in [1.165, 1.54) is 24.3 Å². The van der Waals surface area contributed by atoms with Crippen LogP contribution in [0.15, 0.2) is 24.3 Å². The first-order valence-electron chi connectivity index (χ1n) is 14.2. The van der Waals surface area contributed by atoms with Crippen LogP contribution in [0.4, 0.5) is 0 Å². The third kappa shape index (κ3) is 14.0. The average molecular weight is 608 g/mol. The maximum Gasteiger partial charge on any atom is 0.323 e. The number of hydrogen-bond donors (Lipinski definition) is 4. The molecule has 2 rings (SSSR count). The molecule has 0 radical (unpaired) electrons. The number of rotatable bonds is 19. The van der Waals surface area contributed by atoms with E-state index in [9.17, 15) is 38.4 Å². The van der Waals surface area contributed by atoms with Gasteiger partial charge in [0.2, 0.25) is 11.8 Å². The fourth-order valence-electron chi connectivity index (χ4n) is 4.10. The third-order valence-corrected chi connectivity index (χ3v) is 6.53. The normalized spacial score (nSPS) is 14.7. The smallest absolute Gasteiger partial charge is 0.323 e. The minimum absolute atomic E-state index is 0.0225. The van der Waals surface area contributed by atoms with Gasteiger partial charge in [0.25, 0.3) is 23.6 Å². The quantitative estimate of drug-likeness (QED) is 0.111. The monoisotopic (exact) mass is 607 g/mol. The molecule has 0 spiro atoms. The molecule has 0 saturated carbocycles. The minimum atomic E-state index is -1.30. The van der Waals surface area contributed by atoms with E-state index >= 15 is 0 Å². The highest BCUT2D eigenvalue weighted by Gasteiger charge is 2.25. The van der Waals surface area contributed by atoms with Gasteiger partial charge in [-0.1, -0.05) is 19.3 Å². The lowest BCUT2D eigenvalue weighted by atomic mass is 10.1. The Kier molecular flexibility index (Phi) is 16.9. The molecule has 6 N–H and O–H groups in total. The highest BCUT2D eigenvalue weighted by molar-refractivity contribution is 6.13. The van der Waals surface area contributed by atoms with E-state index in [4.69, 9.17) is 21.7 Å². The Bertz CT molecular complexity index is 1000. The summed E-state index contributed by atoms with van der Waals surface area (Å²) >= 11 is 0. The van der Waals surface area contributed by atoms with Crippen molar-refractivity contribution < 1.29 is 48.6 Å². The summed E-state index contributed by atoms with van der Waals surface area (Å²) < 4.78 is 0. The molecule has 2 heterocycles. The van der Waals surface area contributed by atoms with Crippen LogP contribution in [0.2, 0.25) is 0 Å². The SMILES string of the molecule is NCCCCC(N)C(=O)O.O=C(O)CN(C(=O)CCCCCN1C(=O)C=CC1=O)C(=O)CCCCCN1C(=O)C=CC1=O. The zero-order chi connectivity index (χ0) is 32.4. The van der Waals surface area contributed by atoms with Crippen molar-refractivity contribution in [1.29, 1.82) is 0 Å². The molecule has 0 aliphatic carbocycles. The number of imide groups is 3. The molecule has 1 unspecified atom stereocenters. The van der Waals surface area contributed by atoms with Crippen molar-refractivity contribution in [3.8, 4) is 0 Å². The lowest BCUT2D eigenvalue weighted by molar-refractivity contribution is -0.152. The van der Waals surface area contributed by atoms with E-state index in [1.54, 1.807) is 0 Å². The van der Waals surface area contributed by atoms with E-state index in [-0.39, 0.29) is 49.6 Å². The predicted molar refractivity (Wildman–Crippen MR) is 152 cm³/mol. The van der Waals surface area contributed by atoms with Gasteiger partial charge in [-0.3, -0.25) is 53.1 Å². The van der Waals surface area contributed by atoms with Gasteiger partial charge in [-0.15, -0.1) is 0 Å². The fourth-order valence-corrected chi connectivity index (χ4v) is 4.10. The van der Waals surface area contributed by atoms with Crippen molar-refractivity contribution in [2.75, 3.05) is 26.2 Å². The van der Waals surface area contributed by atoms with Gasteiger partial charge in [0, 0.05) is 50.2 Å². The number of unbranched alkanes of at least 4 members (excludes halogenated alkanes) is 5. The Balaban J connectivity index is 0.000000790. The van der Waals surface area contributed by atoms with Gasteiger partial charge >= 0.3 is 11.9 Å². The van der Waals surface area contributed by atoms with Crippen LogP contribution in [0.1, 0.15) is 70.6 Å². The number of aliphatic carboxylic acids is 2. The second-order valence-corrected chi connectivity index (χ2v) is 9.94. The molecule has 2 aliphatic heterocycles. The predicted octanol–water partition coefficient (Wildman–Crippen LogP) is -0.0757. The van der Waals surface area contributed by atoms with Crippen molar-refractivity contribution in [1.82, 2.24) is 14.7 Å². The summed E-state index contributed by atoms with van der Waals surface area (Å²) in [6, 6.07) is -0.716. The molecule has 43 heavy (non-hydrogen) atoms. The molecule has 0 saturated heterocycles. The van der Waals surface area contributed by atoms with Crippen molar-refractivity contribution in [2.24, 2.45) is 11.5 Å². The summed E-state index contributed by atoms with van der Waals surface area (Å²) in [4.78, 5) is 94.9. The van der Waals surface area contributed by atoms with Crippen LogP contribution >= 0.6 is 0 Å². The Morgan fingerprint density at radius 1 is 0.674 bits per heavy atom. The van der Waals surface area contributed by atoms with E-state index < -0.39 is 36.3 Å². The first-order chi connectivity index (χ1) is 20.4. The number of hydrogen-bond acceptors (Lipinski definition) is 10. The summed E-state index contributed by atoms with van der Waals surface area (Å²) in [6.07, 6.45) is 9.74. The molecule has 0 fully saturated rings. The number of nitrogens with two attached hydrogens (primary N) is 2. The number of carbonyl (C=O) groups is 8. The van der Waals surface area contributed by atoms with Crippen LogP contribution in [-0.4, -0.2) is 105 Å². The summed E-state index contributed by atoms with van der Waals surface area (Å²) in [7, 11) is 0. The summed E-state index contributed by atoms with van der Waals surface area (Å²) in [5, 5.41) is 17.4. The van der Waals surface area contributed by atoms with Crippen LogP contribution in [0.5, 0.6) is 0 Å². The van der Waals surface area contributed by atoms with Gasteiger partial charge in [-0.2, -0.15) is 0 Å². The second kappa shape index (κ2) is 19.8. The zero-order valence-corrected chi connectivity index (χ0v) is 24.2. The van der Waals surface area contributed by atoms with E-state index in [0.29, 0.717) is 51.5 Å². The summed E-state index contributed by atoms with van der Waals surface area (Å²) in [6.45, 7) is 0.359. The highest BCUT2D eigenvalue weighted by Crippen LogP contribution is 2.12. The first kappa shape index (κ1) is 36.8. The molecule has 0 aromatic carbocycles. The Hall–Kier alpha value is -4.24. The maximum absolute atomic E-state index is 12.4. The third-order valence-electron chi connectivity index (χ3n) is 6.53. The molecular weight excluding hydrogens is 566 g/mol. The van der Waals surface area contributed by atoms with E-state index in [0.717, 1.165) is 27.5 Å². The minimum Gasteiger partial charge on any atom is -0.480 e. The van der Waals surface area contributed by atoms with Crippen molar-refractivity contribution in [3.05, 3.63) is 24.3 Å². The number of nitrogens with zero attached hydrogens (tertiary/aromatic N) is 3. The van der Waals surface area contributed by atoms with Gasteiger partial charge in [-0.25, -0.2) is 0 Å². The largest absolute Gasteiger partial charge is 0.480 e. The average Bonchev–Trinajstić information content (AvgIpc) is 3.45. The number of amides is 6. The molecule has 238 valence electrons. The second-order valence-electron chi connectivity index (χ2n) is 9.94. The van der Waals surface area contributed by atoms with Crippen LogP contribution < -0.4 is 11.5 Å². The van der Waals surface area contributed by atoms with Gasteiger partial charge in [0.1, 0.15) is 12.6 Å². The molecule has 6 amide bonds. The van der Waals surface area contributed by atoms with Crippen molar-refractivity contribution >= 4 is 47.4 Å². The molecule has 0 aromatic heterocycles. The fraction of sp³-hybridized carbons (Fsp3) is 0.571. The van der Waals surface area contributed by atoms with Gasteiger partial charge in [-0.05, 0) is 45.1 Å². The lowest BCUT2D eigenvalue weighted by Crippen LogP contribution is -2.40. The van der Waals surface area contributed by atoms with Crippen LogP contribution in [0.25, 0.3) is 0 Å². The number of carbonyl (C=O) groups excluding carboxylic acids is 6. The molecule has 0 aromatic rings. The van der Waals surface area contributed by atoms with Crippen molar-refractivity contribution in [2.45, 2.75) is 76.7 Å². The molecule has 0 bridgehead atoms. The summed E-state index contributed by atoms with van der Waals surface area (Å²) in [5.41, 5.74) is 10.4. The Morgan fingerprint density at radius 2 is 1.09 bits per heavy atom. The first-order valence-corrected chi connectivity index (χ1v) is 14.2. The summed E-state index contributed by atoms with van der Waals surface area (Å²) in [5.74, 6) is -4.89. The van der Waals surface area contributed by atoms with Crippen LogP contribution in [0.3, 0.4) is 0 Å². The molecule has 2 aliphatic rings. The van der Waals surface area contributed by atoms with Crippen LogP contribution in [-0.2, 0) is 38.4 Å². The lowest BCUT2D eigenvalue weighted by Gasteiger charge is -2.19. The van der Waals surface area contributed by atoms with Crippen molar-refractivity contribution in [3.63, 3.8) is 0 Å². The molecule has 1 atom stereocenters. The molecule has 15 nitrogen and oxygen atoms in total. The number of carboxylic acid groups (broad SMARTS) is 2. The van der Waals surface area contributed by atoms with Gasteiger partial charge < -0.3 is 21.7 Å². The molecule has 15 heteroatoms. The highest BCUT2D eigenvalue weighted by atomic mass is 16.4. The van der Waals surface area contributed by atoms with Gasteiger partial charge in [0.05, 0.1) is 0 Å². The van der Waals surface area contributed by atoms with Crippen LogP contribution in [0, 0.1) is 0 Å². The Labute approximate surface area is 249 Å².